The molecule has 0 aliphatic heterocycles. The topological polar surface area (TPSA) is 12.0 Å². The molecular weight excluding hydrogens is 237 g/mol. The summed E-state index contributed by atoms with van der Waals surface area (Å²) in [6.07, 6.45) is 4.63. The lowest BCUT2D eigenvalue weighted by atomic mass is 9.80. The predicted molar refractivity (Wildman–Crippen MR) is 78.7 cm³/mol. The van der Waals surface area contributed by atoms with E-state index in [4.69, 9.17) is 0 Å². The molecule has 3 atom stereocenters. The minimum absolute atomic E-state index is 0.0819. The van der Waals surface area contributed by atoms with Crippen LogP contribution in [0.5, 0.6) is 0 Å². The molecule has 1 aromatic carbocycles. The first-order valence-electron chi connectivity index (χ1n) is 7.54. The molecule has 0 spiro atoms. The van der Waals surface area contributed by atoms with Gasteiger partial charge in [-0.25, -0.2) is 4.39 Å². The highest BCUT2D eigenvalue weighted by Gasteiger charge is 2.24. The second-order valence-electron chi connectivity index (χ2n) is 6.48. The molecular formula is C17H26FN. The zero-order valence-corrected chi connectivity index (χ0v) is 12.3. The fourth-order valence-corrected chi connectivity index (χ4v) is 3.54. The Morgan fingerprint density at radius 1 is 1.16 bits per heavy atom. The Hall–Kier alpha value is -0.890. The van der Waals surface area contributed by atoms with E-state index in [1.54, 1.807) is 12.1 Å². The van der Waals surface area contributed by atoms with Crippen LogP contribution in [0.1, 0.15) is 45.6 Å². The maximum Gasteiger partial charge on any atom is 0.126 e. The summed E-state index contributed by atoms with van der Waals surface area (Å²) in [4.78, 5) is 0. The van der Waals surface area contributed by atoms with Crippen molar-refractivity contribution in [3.05, 3.63) is 35.6 Å². The fraction of sp³-hybridized carbons (Fsp3) is 0.647. The van der Waals surface area contributed by atoms with Gasteiger partial charge in [-0.15, -0.1) is 0 Å². The average molecular weight is 263 g/mol. The van der Waals surface area contributed by atoms with Crippen LogP contribution in [-0.4, -0.2) is 12.1 Å². The van der Waals surface area contributed by atoms with E-state index in [0.717, 1.165) is 23.8 Å². The summed E-state index contributed by atoms with van der Waals surface area (Å²) < 4.78 is 13.6. The Morgan fingerprint density at radius 2 is 1.79 bits per heavy atom. The molecule has 0 amide bonds. The Kier molecular flexibility index (Phi) is 4.98. The molecule has 0 aromatic heterocycles. The van der Waals surface area contributed by atoms with Crippen molar-refractivity contribution >= 4 is 0 Å². The summed E-state index contributed by atoms with van der Waals surface area (Å²) in [5.74, 6) is 1.53. The summed E-state index contributed by atoms with van der Waals surface area (Å²) in [6, 6.07) is 8.03. The molecule has 1 aliphatic carbocycles. The van der Waals surface area contributed by atoms with E-state index in [1.807, 2.05) is 12.1 Å². The van der Waals surface area contributed by atoms with Crippen LogP contribution in [0.25, 0.3) is 0 Å². The Balaban J connectivity index is 1.87. The molecule has 3 unspecified atom stereocenters. The molecule has 19 heavy (non-hydrogen) atoms. The van der Waals surface area contributed by atoms with Gasteiger partial charge >= 0.3 is 0 Å². The molecule has 1 nitrogen and oxygen atoms in total. The van der Waals surface area contributed by atoms with Crippen molar-refractivity contribution < 1.29 is 4.39 Å². The van der Waals surface area contributed by atoms with E-state index in [-0.39, 0.29) is 5.82 Å². The highest BCUT2D eigenvalue weighted by Crippen LogP contribution is 2.28. The first kappa shape index (κ1) is 14.5. The standard InChI is InChI=1S/C17H26FN/c1-12-8-13(2)10-16(9-12)19-14(3)11-15-6-4-5-7-17(15)18/h4-7,12-14,16,19H,8-11H2,1-3H3. The molecule has 0 saturated heterocycles. The lowest BCUT2D eigenvalue weighted by Gasteiger charge is -2.34. The van der Waals surface area contributed by atoms with Crippen LogP contribution in [-0.2, 0) is 6.42 Å². The zero-order valence-electron chi connectivity index (χ0n) is 12.3. The van der Waals surface area contributed by atoms with Crippen molar-refractivity contribution in [2.45, 2.75) is 58.5 Å². The molecule has 0 bridgehead atoms. The molecule has 2 heteroatoms. The lowest BCUT2D eigenvalue weighted by molar-refractivity contribution is 0.227. The number of benzene rings is 1. The third-order valence-electron chi connectivity index (χ3n) is 4.18. The van der Waals surface area contributed by atoms with Crippen LogP contribution in [0, 0.1) is 17.7 Å². The first-order valence-corrected chi connectivity index (χ1v) is 7.54. The summed E-state index contributed by atoms with van der Waals surface area (Å²) in [5, 5.41) is 3.69. The van der Waals surface area contributed by atoms with Crippen LogP contribution >= 0.6 is 0 Å². The van der Waals surface area contributed by atoms with Gasteiger partial charge in [-0.3, -0.25) is 0 Å². The Morgan fingerprint density at radius 3 is 2.42 bits per heavy atom. The second kappa shape index (κ2) is 6.51. The van der Waals surface area contributed by atoms with E-state index in [9.17, 15) is 4.39 Å². The quantitative estimate of drug-likeness (QED) is 0.859. The molecule has 1 aromatic rings. The van der Waals surface area contributed by atoms with Crippen molar-refractivity contribution in [3.63, 3.8) is 0 Å². The minimum atomic E-state index is -0.0819. The van der Waals surface area contributed by atoms with Crippen molar-refractivity contribution in [2.75, 3.05) is 0 Å². The van der Waals surface area contributed by atoms with Crippen molar-refractivity contribution in [2.24, 2.45) is 11.8 Å². The maximum absolute atomic E-state index is 13.6. The van der Waals surface area contributed by atoms with E-state index >= 15 is 0 Å². The van der Waals surface area contributed by atoms with Gasteiger partial charge in [0.25, 0.3) is 0 Å². The van der Waals surface area contributed by atoms with Gasteiger partial charge in [0, 0.05) is 12.1 Å². The number of hydrogen-bond acceptors (Lipinski definition) is 1. The summed E-state index contributed by atoms with van der Waals surface area (Å²) in [7, 11) is 0. The highest BCUT2D eigenvalue weighted by molar-refractivity contribution is 5.18. The first-order chi connectivity index (χ1) is 9.04. The van der Waals surface area contributed by atoms with Crippen molar-refractivity contribution in [1.82, 2.24) is 5.32 Å². The normalized spacial score (nSPS) is 29.2. The van der Waals surface area contributed by atoms with E-state index < -0.39 is 0 Å². The average Bonchev–Trinajstić information content (AvgIpc) is 2.30. The van der Waals surface area contributed by atoms with Crippen LogP contribution in [0.2, 0.25) is 0 Å². The lowest BCUT2D eigenvalue weighted by Crippen LogP contribution is -2.42. The molecule has 0 heterocycles. The second-order valence-corrected chi connectivity index (χ2v) is 6.48. The molecule has 1 saturated carbocycles. The van der Waals surface area contributed by atoms with Crippen LogP contribution in [0.15, 0.2) is 24.3 Å². The summed E-state index contributed by atoms with van der Waals surface area (Å²) >= 11 is 0. The van der Waals surface area contributed by atoms with Gasteiger partial charge in [-0.1, -0.05) is 32.0 Å². The third-order valence-corrected chi connectivity index (χ3v) is 4.18. The number of hydrogen-bond donors (Lipinski definition) is 1. The SMILES string of the molecule is CC1CC(C)CC(NC(C)Cc2ccccc2F)C1. The number of nitrogens with one attached hydrogen (secondary N) is 1. The number of halogens is 1. The molecule has 1 aliphatic rings. The summed E-state index contributed by atoms with van der Waals surface area (Å²) in [6.45, 7) is 6.84. The van der Waals surface area contributed by atoms with E-state index in [0.29, 0.717) is 12.1 Å². The Bertz CT molecular complexity index is 394. The maximum atomic E-state index is 13.6. The van der Waals surface area contributed by atoms with E-state index in [1.165, 1.54) is 19.3 Å². The molecule has 1 fully saturated rings. The fourth-order valence-electron chi connectivity index (χ4n) is 3.54. The molecule has 106 valence electrons. The highest BCUT2D eigenvalue weighted by atomic mass is 19.1. The third kappa shape index (κ3) is 4.31. The van der Waals surface area contributed by atoms with Crippen molar-refractivity contribution in [1.29, 1.82) is 0 Å². The van der Waals surface area contributed by atoms with Gasteiger partial charge in [0.05, 0.1) is 0 Å². The monoisotopic (exact) mass is 263 g/mol. The number of rotatable bonds is 4. The molecule has 2 rings (SSSR count). The molecule has 1 N–H and O–H groups in total. The van der Waals surface area contributed by atoms with Crippen LogP contribution in [0.4, 0.5) is 4.39 Å². The van der Waals surface area contributed by atoms with Gasteiger partial charge in [0.1, 0.15) is 5.82 Å². The van der Waals surface area contributed by atoms with Gasteiger partial charge < -0.3 is 5.32 Å². The smallest absolute Gasteiger partial charge is 0.126 e. The van der Waals surface area contributed by atoms with Gasteiger partial charge in [-0.05, 0) is 56.1 Å². The largest absolute Gasteiger partial charge is 0.311 e. The van der Waals surface area contributed by atoms with Crippen LogP contribution < -0.4 is 5.32 Å². The summed E-state index contributed by atoms with van der Waals surface area (Å²) in [5.41, 5.74) is 0.819. The molecule has 0 radical (unpaired) electrons. The van der Waals surface area contributed by atoms with Gasteiger partial charge in [0.15, 0.2) is 0 Å². The van der Waals surface area contributed by atoms with Gasteiger partial charge in [0.2, 0.25) is 0 Å². The van der Waals surface area contributed by atoms with Gasteiger partial charge in [-0.2, -0.15) is 0 Å². The van der Waals surface area contributed by atoms with Crippen molar-refractivity contribution in [3.8, 4) is 0 Å². The van der Waals surface area contributed by atoms with Crippen LogP contribution in [0.3, 0.4) is 0 Å². The zero-order chi connectivity index (χ0) is 13.8. The van der Waals surface area contributed by atoms with E-state index in [2.05, 4.69) is 26.1 Å². The minimum Gasteiger partial charge on any atom is -0.311 e. The predicted octanol–water partition coefficient (Wildman–Crippen LogP) is 4.17. The Labute approximate surface area is 116 Å².